The van der Waals surface area contributed by atoms with E-state index in [1.807, 2.05) is 6.07 Å². The molecule has 0 bridgehead atoms. The van der Waals surface area contributed by atoms with Gasteiger partial charge in [-0.3, -0.25) is 4.79 Å². The summed E-state index contributed by atoms with van der Waals surface area (Å²) in [6.07, 6.45) is 6.68. The SMILES string of the molecule is COc1ccc(Cl)cc1CC(=O)C1=CCCCC1. The summed E-state index contributed by atoms with van der Waals surface area (Å²) in [4.78, 5) is 12.2. The van der Waals surface area contributed by atoms with Gasteiger partial charge in [-0.25, -0.2) is 0 Å². The fourth-order valence-electron chi connectivity index (χ4n) is 2.26. The number of rotatable bonds is 4. The summed E-state index contributed by atoms with van der Waals surface area (Å²) >= 11 is 5.96. The second-order valence-electron chi connectivity index (χ2n) is 4.53. The third-order valence-corrected chi connectivity index (χ3v) is 3.48. The van der Waals surface area contributed by atoms with Crippen LogP contribution in [0.1, 0.15) is 31.2 Å². The summed E-state index contributed by atoms with van der Waals surface area (Å²) < 4.78 is 5.26. The maximum Gasteiger partial charge on any atom is 0.163 e. The Morgan fingerprint density at radius 1 is 1.39 bits per heavy atom. The molecule has 96 valence electrons. The van der Waals surface area contributed by atoms with Gasteiger partial charge in [0.15, 0.2) is 5.78 Å². The first-order valence-electron chi connectivity index (χ1n) is 6.25. The minimum Gasteiger partial charge on any atom is -0.496 e. The summed E-state index contributed by atoms with van der Waals surface area (Å²) in [5.41, 5.74) is 1.82. The third-order valence-electron chi connectivity index (χ3n) is 3.24. The van der Waals surface area contributed by atoms with Crippen LogP contribution in [0.3, 0.4) is 0 Å². The van der Waals surface area contributed by atoms with Gasteiger partial charge in [-0.05, 0) is 49.5 Å². The monoisotopic (exact) mass is 264 g/mol. The maximum atomic E-state index is 12.2. The molecule has 0 unspecified atom stereocenters. The summed E-state index contributed by atoms with van der Waals surface area (Å²) in [5.74, 6) is 0.916. The number of ether oxygens (including phenoxy) is 1. The van der Waals surface area contributed by atoms with E-state index < -0.39 is 0 Å². The lowest BCUT2D eigenvalue weighted by molar-refractivity contribution is -0.115. The smallest absolute Gasteiger partial charge is 0.163 e. The maximum absolute atomic E-state index is 12.2. The number of Topliss-reactive ketones (excluding diaryl/α,β-unsaturated/α-hetero) is 1. The Kier molecular flexibility index (Phi) is 4.43. The molecule has 0 amide bonds. The zero-order chi connectivity index (χ0) is 13.0. The topological polar surface area (TPSA) is 26.3 Å². The first-order chi connectivity index (χ1) is 8.70. The van der Waals surface area contributed by atoms with Crippen LogP contribution in [-0.2, 0) is 11.2 Å². The highest BCUT2D eigenvalue weighted by atomic mass is 35.5. The minimum atomic E-state index is 0.190. The Balaban J connectivity index is 2.15. The molecule has 1 aromatic carbocycles. The van der Waals surface area contributed by atoms with Crippen molar-refractivity contribution in [1.29, 1.82) is 0 Å². The molecule has 3 heteroatoms. The van der Waals surface area contributed by atoms with Crippen LogP contribution in [0.25, 0.3) is 0 Å². The number of carbonyl (C=O) groups excluding carboxylic acids is 1. The van der Waals surface area contributed by atoms with E-state index in [9.17, 15) is 4.79 Å². The number of carbonyl (C=O) groups is 1. The van der Waals surface area contributed by atoms with Crippen LogP contribution in [-0.4, -0.2) is 12.9 Å². The van der Waals surface area contributed by atoms with Gasteiger partial charge in [-0.2, -0.15) is 0 Å². The van der Waals surface area contributed by atoms with E-state index in [1.54, 1.807) is 19.2 Å². The number of allylic oxidation sites excluding steroid dienone is 2. The second-order valence-corrected chi connectivity index (χ2v) is 4.97. The quantitative estimate of drug-likeness (QED) is 0.823. The van der Waals surface area contributed by atoms with Gasteiger partial charge in [-0.1, -0.05) is 17.7 Å². The van der Waals surface area contributed by atoms with E-state index in [1.165, 1.54) is 6.42 Å². The van der Waals surface area contributed by atoms with Gasteiger partial charge in [0.1, 0.15) is 5.75 Å². The molecule has 0 saturated heterocycles. The van der Waals surface area contributed by atoms with Crippen molar-refractivity contribution in [3.8, 4) is 5.75 Å². The van der Waals surface area contributed by atoms with Crippen molar-refractivity contribution >= 4 is 17.4 Å². The van der Waals surface area contributed by atoms with Crippen LogP contribution in [0, 0.1) is 0 Å². The number of hydrogen-bond acceptors (Lipinski definition) is 2. The number of benzene rings is 1. The fourth-order valence-corrected chi connectivity index (χ4v) is 2.46. The number of ketones is 1. The summed E-state index contributed by atoms with van der Waals surface area (Å²) in [6, 6.07) is 5.39. The predicted octanol–water partition coefficient (Wildman–Crippen LogP) is 3.96. The lowest BCUT2D eigenvalue weighted by Crippen LogP contribution is -2.09. The van der Waals surface area contributed by atoms with Gasteiger partial charge < -0.3 is 4.74 Å². The van der Waals surface area contributed by atoms with E-state index in [-0.39, 0.29) is 5.78 Å². The van der Waals surface area contributed by atoms with Gasteiger partial charge in [0.05, 0.1) is 7.11 Å². The van der Waals surface area contributed by atoms with Crippen molar-refractivity contribution in [1.82, 2.24) is 0 Å². The summed E-state index contributed by atoms with van der Waals surface area (Å²) in [6.45, 7) is 0. The van der Waals surface area contributed by atoms with Gasteiger partial charge in [-0.15, -0.1) is 0 Å². The van der Waals surface area contributed by atoms with Crippen LogP contribution < -0.4 is 4.74 Å². The molecule has 0 heterocycles. The highest BCUT2D eigenvalue weighted by molar-refractivity contribution is 6.30. The van der Waals surface area contributed by atoms with Crippen LogP contribution in [0.4, 0.5) is 0 Å². The molecule has 18 heavy (non-hydrogen) atoms. The van der Waals surface area contributed by atoms with Gasteiger partial charge >= 0.3 is 0 Å². The lowest BCUT2D eigenvalue weighted by Gasteiger charge is -2.13. The third kappa shape index (κ3) is 3.14. The first-order valence-corrected chi connectivity index (χ1v) is 6.63. The average Bonchev–Trinajstić information content (AvgIpc) is 2.40. The molecule has 0 fully saturated rings. The van der Waals surface area contributed by atoms with Crippen LogP contribution in [0.5, 0.6) is 5.75 Å². The molecular formula is C15H17ClO2. The van der Waals surface area contributed by atoms with Crippen LogP contribution in [0.2, 0.25) is 5.02 Å². The largest absolute Gasteiger partial charge is 0.496 e. The number of methoxy groups -OCH3 is 1. The Morgan fingerprint density at radius 3 is 2.89 bits per heavy atom. The number of halogens is 1. The van der Waals surface area contributed by atoms with Crippen molar-refractivity contribution in [2.45, 2.75) is 32.1 Å². The standard InChI is InChI=1S/C15H17ClO2/c1-18-15-8-7-13(16)9-12(15)10-14(17)11-5-3-2-4-6-11/h5,7-9H,2-4,6,10H2,1H3. The molecule has 0 spiro atoms. The highest BCUT2D eigenvalue weighted by Crippen LogP contribution is 2.26. The van der Waals surface area contributed by atoms with Crippen molar-refractivity contribution in [3.63, 3.8) is 0 Å². The van der Waals surface area contributed by atoms with Crippen molar-refractivity contribution in [2.75, 3.05) is 7.11 Å². The molecule has 0 aliphatic heterocycles. The van der Waals surface area contributed by atoms with Crippen LogP contribution in [0.15, 0.2) is 29.8 Å². The molecule has 1 aliphatic carbocycles. The van der Waals surface area contributed by atoms with Crippen molar-refractivity contribution in [2.24, 2.45) is 0 Å². The normalized spacial score (nSPS) is 15.1. The molecule has 0 N–H and O–H groups in total. The zero-order valence-electron chi connectivity index (χ0n) is 10.5. The molecular weight excluding hydrogens is 248 g/mol. The Hall–Kier alpha value is -1.28. The predicted molar refractivity (Wildman–Crippen MR) is 73.3 cm³/mol. The molecule has 0 atom stereocenters. The van der Waals surface area contributed by atoms with Gasteiger partial charge in [0, 0.05) is 17.0 Å². The average molecular weight is 265 g/mol. The molecule has 2 rings (SSSR count). The second kappa shape index (κ2) is 6.05. The Labute approximate surface area is 113 Å². The Bertz CT molecular complexity index is 477. The van der Waals surface area contributed by atoms with Gasteiger partial charge in [0.25, 0.3) is 0 Å². The van der Waals surface area contributed by atoms with E-state index in [0.717, 1.165) is 36.1 Å². The molecule has 1 aliphatic rings. The van der Waals surface area contributed by atoms with E-state index in [2.05, 4.69) is 6.08 Å². The van der Waals surface area contributed by atoms with E-state index in [4.69, 9.17) is 16.3 Å². The molecule has 0 saturated carbocycles. The van der Waals surface area contributed by atoms with E-state index >= 15 is 0 Å². The van der Waals surface area contributed by atoms with Crippen molar-refractivity contribution < 1.29 is 9.53 Å². The first kappa shape index (κ1) is 13.2. The number of hydrogen-bond donors (Lipinski definition) is 0. The van der Waals surface area contributed by atoms with E-state index in [0.29, 0.717) is 11.4 Å². The molecule has 0 aromatic heterocycles. The molecule has 0 radical (unpaired) electrons. The minimum absolute atomic E-state index is 0.190. The Morgan fingerprint density at radius 2 is 2.22 bits per heavy atom. The highest BCUT2D eigenvalue weighted by Gasteiger charge is 2.15. The van der Waals surface area contributed by atoms with Crippen LogP contribution >= 0.6 is 11.6 Å². The summed E-state index contributed by atoms with van der Waals surface area (Å²) in [7, 11) is 1.61. The molecule has 1 aromatic rings. The zero-order valence-corrected chi connectivity index (χ0v) is 11.3. The summed E-state index contributed by atoms with van der Waals surface area (Å²) in [5, 5.41) is 0.635. The lowest BCUT2D eigenvalue weighted by atomic mass is 9.93. The fraction of sp³-hybridized carbons (Fsp3) is 0.400. The van der Waals surface area contributed by atoms with Gasteiger partial charge in [0.2, 0.25) is 0 Å². The molecule has 2 nitrogen and oxygen atoms in total. The van der Waals surface area contributed by atoms with Crippen molar-refractivity contribution in [3.05, 3.63) is 40.4 Å².